The van der Waals surface area contributed by atoms with Crippen LogP contribution in [0.15, 0.2) is 18.5 Å². The van der Waals surface area contributed by atoms with Crippen molar-refractivity contribution in [2.45, 2.75) is 26.3 Å². The third kappa shape index (κ3) is 3.95. The molecule has 17 heavy (non-hydrogen) atoms. The maximum atomic E-state index is 5.70. The number of aromatic nitrogens is 1. The van der Waals surface area contributed by atoms with Gasteiger partial charge in [0, 0.05) is 18.9 Å². The molecule has 0 atom stereocenters. The molecule has 1 aliphatic heterocycles. The van der Waals surface area contributed by atoms with Crippen molar-refractivity contribution in [1.82, 2.24) is 9.88 Å². The number of halogens is 1. The molecule has 0 radical (unpaired) electrons. The fourth-order valence-corrected chi connectivity index (χ4v) is 2.28. The number of hydrogen-bond acceptors (Lipinski definition) is 3. The summed E-state index contributed by atoms with van der Waals surface area (Å²) in [7, 11) is 0. The fourth-order valence-electron chi connectivity index (χ4n) is 2.28. The predicted octanol–water partition coefficient (Wildman–Crippen LogP) is 1.98. The van der Waals surface area contributed by atoms with E-state index >= 15 is 0 Å². The summed E-state index contributed by atoms with van der Waals surface area (Å²) in [6.07, 6.45) is 6.34. The number of nitrogens with two attached hydrogens (primary N) is 1. The van der Waals surface area contributed by atoms with Crippen molar-refractivity contribution in [3.8, 4) is 0 Å². The van der Waals surface area contributed by atoms with E-state index in [1.165, 1.54) is 37.1 Å². The predicted molar refractivity (Wildman–Crippen MR) is 73.3 cm³/mol. The molecule has 0 amide bonds. The van der Waals surface area contributed by atoms with Gasteiger partial charge in [-0.25, -0.2) is 0 Å². The summed E-state index contributed by atoms with van der Waals surface area (Å²) in [6, 6.07) is 2.09. The second-order valence-corrected chi connectivity index (χ2v) is 4.76. The Morgan fingerprint density at radius 3 is 2.71 bits per heavy atom. The zero-order valence-corrected chi connectivity index (χ0v) is 11.2. The quantitative estimate of drug-likeness (QED) is 0.898. The van der Waals surface area contributed by atoms with Gasteiger partial charge in [-0.15, -0.1) is 12.4 Å². The molecule has 3 nitrogen and oxygen atoms in total. The molecule has 0 saturated carbocycles. The second-order valence-electron chi connectivity index (χ2n) is 4.76. The molecular weight excluding hydrogens is 234 g/mol. The molecule has 2 N–H and O–H groups in total. The maximum absolute atomic E-state index is 5.70. The molecule has 0 bridgehead atoms. The number of aryl methyl sites for hydroxylation is 1. The number of rotatable bonds is 3. The first-order valence-electron chi connectivity index (χ1n) is 6.11. The molecular formula is C13H22ClN3. The SMILES string of the molecule is Cc1ccncc1CN1CCC(CN)CC1.Cl. The summed E-state index contributed by atoms with van der Waals surface area (Å²) in [5.41, 5.74) is 8.40. The van der Waals surface area contributed by atoms with Crippen LogP contribution < -0.4 is 5.73 Å². The van der Waals surface area contributed by atoms with Gasteiger partial charge in [-0.2, -0.15) is 0 Å². The van der Waals surface area contributed by atoms with E-state index in [2.05, 4.69) is 22.9 Å². The molecule has 4 heteroatoms. The molecule has 2 rings (SSSR count). The first kappa shape index (κ1) is 14.4. The van der Waals surface area contributed by atoms with E-state index in [1.54, 1.807) is 0 Å². The van der Waals surface area contributed by atoms with Crippen LogP contribution in [0, 0.1) is 12.8 Å². The first-order chi connectivity index (χ1) is 7.79. The summed E-state index contributed by atoms with van der Waals surface area (Å²) in [6.45, 7) is 6.40. The van der Waals surface area contributed by atoms with Gasteiger partial charge in [-0.3, -0.25) is 9.88 Å². The zero-order valence-electron chi connectivity index (χ0n) is 10.4. The number of pyridine rings is 1. The highest BCUT2D eigenvalue weighted by molar-refractivity contribution is 5.85. The minimum atomic E-state index is 0. The van der Waals surface area contributed by atoms with Crippen LogP contribution in [-0.4, -0.2) is 29.5 Å². The Balaban J connectivity index is 0.00000144. The summed E-state index contributed by atoms with van der Waals surface area (Å²) >= 11 is 0. The van der Waals surface area contributed by atoms with Gasteiger partial charge < -0.3 is 5.73 Å². The Hall–Kier alpha value is -0.640. The summed E-state index contributed by atoms with van der Waals surface area (Å²) in [4.78, 5) is 6.71. The van der Waals surface area contributed by atoms with Crippen molar-refractivity contribution in [1.29, 1.82) is 0 Å². The molecule has 1 aliphatic rings. The minimum absolute atomic E-state index is 0. The molecule has 1 aromatic heterocycles. The lowest BCUT2D eigenvalue weighted by Gasteiger charge is -2.31. The molecule has 1 fully saturated rings. The van der Waals surface area contributed by atoms with Gasteiger partial charge in [0.2, 0.25) is 0 Å². The standard InChI is InChI=1S/C13H21N3.ClH/c1-11-2-5-15-9-13(11)10-16-6-3-12(8-14)4-7-16;/h2,5,9,12H,3-4,6-8,10,14H2,1H3;1H. The highest BCUT2D eigenvalue weighted by Gasteiger charge is 2.18. The van der Waals surface area contributed by atoms with Crippen LogP contribution in [0.25, 0.3) is 0 Å². The number of piperidine rings is 1. The Kier molecular flexibility index (Phi) is 5.89. The van der Waals surface area contributed by atoms with Crippen molar-refractivity contribution >= 4 is 12.4 Å². The lowest BCUT2D eigenvalue weighted by Crippen LogP contribution is -2.35. The second kappa shape index (κ2) is 6.94. The van der Waals surface area contributed by atoms with Crippen molar-refractivity contribution in [2.75, 3.05) is 19.6 Å². The topological polar surface area (TPSA) is 42.2 Å². The Labute approximate surface area is 110 Å². The first-order valence-corrected chi connectivity index (χ1v) is 6.11. The molecule has 0 spiro atoms. The molecule has 1 aromatic rings. The van der Waals surface area contributed by atoms with E-state index in [0.717, 1.165) is 19.0 Å². The lowest BCUT2D eigenvalue weighted by atomic mass is 9.96. The summed E-state index contributed by atoms with van der Waals surface area (Å²) < 4.78 is 0. The van der Waals surface area contributed by atoms with Crippen LogP contribution in [0.5, 0.6) is 0 Å². The Bertz CT molecular complexity index is 335. The molecule has 0 unspecified atom stereocenters. The van der Waals surface area contributed by atoms with E-state index in [1.807, 2.05) is 12.4 Å². The van der Waals surface area contributed by atoms with Gasteiger partial charge in [0.1, 0.15) is 0 Å². The van der Waals surface area contributed by atoms with Crippen molar-refractivity contribution in [2.24, 2.45) is 11.7 Å². The maximum Gasteiger partial charge on any atom is 0.0315 e. The Morgan fingerprint density at radius 1 is 1.41 bits per heavy atom. The highest BCUT2D eigenvalue weighted by Crippen LogP contribution is 2.18. The van der Waals surface area contributed by atoms with Crippen molar-refractivity contribution < 1.29 is 0 Å². The molecule has 2 heterocycles. The van der Waals surface area contributed by atoms with E-state index in [4.69, 9.17) is 5.73 Å². The monoisotopic (exact) mass is 255 g/mol. The van der Waals surface area contributed by atoms with E-state index in [-0.39, 0.29) is 12.4 Å². The van der Waals surface area contributed by atoms with Crippen molar-refractivity contribution in [3.63, 3.8) is 0 Å². The zero-order chi connectivity index (χ0) is 11.4. The van der Waals surface area contributed by atoms with Gasteiger partial charge in [0.15, 0.2) is 0 Å². The number of hydrogen-bond donors (Lipinski definition) is 1. The summed E-state index contributed by atoms with van der Waals surface area (Å²) in [5, 5.41) is 0. The normalized spacial score (nSPS) is 17.8. The number of nitrogens with zero attached hydrogens (tertiary/aromatic N) is 2. The lowest BCUT2D eigenvalue weighted by molar-refractivity contribution is 0.180. The van der Waals surface area contributed by atoms with Crippen LogP contribution in [0.2, 0.25) is 0 Å². The number of likely N-dealkylation sites (tertiary alicyclic amines) is 1. The van der Waals surface area contributed by atoms with Crippen LogP contribution in [0.4, 0.5) is 0 Å². The Morgan fingerprint density at radius 2 is 2.12 bits per heavy atom. The summed E-state index contributed by atoms with van der Waals surface area (Å²) in [5.74, 6) is 0.742. The average molecular weight is 256 g/mol. The van der Waals surface area contributed by atoms with Crippen LogP contribution >= 0.6 is 12.4 Å². The van der Waals surface area contributed by atoms with E-state index in [0.29, 0.717) is 0 Å². The van der Waals surface area contributed by atoms with Gasteiger partial charge in [0.25, 0.3) is 0 Å². The van der Waals surface area contributed by atoms with E-state index in [9.17, 15) is 0 Å². The van der Waals surface area contributed by atoms with Gasteiger partial charge in [0.05, 0.1) is 0 Å². The minimum Gasteiger partial charge on any atom is -0.330 e. The van der Waals surface area contributed by atoms with Gasteiger partial charge in [-0.1, -0.05) is 0 Å². The average Bonchev–Trinajstić information content (AvgIpc) is 2.33. The van der Waals surface area contributed by atoms with Crippen LogP contribution in [0.1, 0.15) is 24.0 Å². The molecule has 0 aromatic carbocycles. The van der Waals surface area contributed by atoms with Gasteiger partial charge in [-0.05, 0) is 62.5 Å². The molecule has 96 valence electrons. The largest absolute Gasteiger partial charge is 0.330 e. The third-order valence-electron chi connectivity index (χ3n) is 3.58. The smallest absolute Gasteiger partial charge is 0.0315 e. The third-order valence-corrected chi connectivity index (χ3v) is 3.58. The van der Waals surface area contributed by atoms with E-state index < -0.39 is 0 Å². The van der Waals surface area contributed by atoms with Crippen molar-refractivity contribution in [3.05, 3.63) is 29.6 Å². The molecule has 0 aliphatic carbocycles. The van der Waals surface area contributed by atoms with Crippen LogP contribution in [0.3, 0.4) is 0 Å². The van der Waals surface area contributed by atoms with Crippen LogP contribution in [-0.2, 0) is 6.54 Å². The fraction of sp³-hybridized carbons (Fsp3) is 0.615. The van der Waals surface area contributed by atoms with Gasteiger partial charge >= 0.3 is 0 Å². The highest BCUT2D eigenvalue weighted by atomic mass is 35.5. The molecule has 1 saturated heterocycles.